The van der Waals surface area contributed by atoms with Crippen LogP contribution in [0.25, 0.3) is 0 Å². The van der Waals surface area contributed by atoms with Crippen LogP contribution in [0, 0.1) is 6.92 Å². The number of benzene rings is 1. The fourth-order valence-electron chi connectivity index (χ4n) is 3.82. The summed E-state index contributed by atoms with van der Waals surface area (Å²) in [6, 6.07) is 5.19. The van der Waals surface area contributed by atoms with Crippen LogP contribution in [-0.4, -0.2) is 62.9 Å². The number of sulfonamides is 1. The molecule has 0 aromatic heterocycles. The highest BCUT2D eigenvalue weighted by Crippen LogP contribution is 2.27. The highest BCUT2D eigenvalue weighted by atomic mass is 32.2. The molecule has 0 spiro atoms. The molecule has 2 heterocycles. The number of hydrogen-bond donors (Lipinski definition) is 0. The van der Waals surface area contributed by atoms with E-state index in [4.69, 9.17) is 4.74 Å². The van der Waals surface area contributed by atoms with Crippen LogP contribution in [0.3, 0.4) is 0 Å². The Balaban J connectivity index is 1.77. The summed E-state index contributed by atoms with van der Waals surface area (Å²) < 4.78 is 32.4. The third kappa shape index (κ3) is 3.73. The van der Waals surface area contributed by atoms with Gasteiger partial charge in [0.2, 0.25) is 10.0 Å². The number of likely N-dealkylation sites (tertiary alicyclic amines) is 1. The second-order valence-electron chi connectivity index (χ2n) is 6.85. The molecule has 2 aliphatic rings. The lowest BCUT2D eigenvalue weighted by molar-refractivity contribution is 0.0600. The quantitative estimate of drug-likeness (QED) is 0.763. The van der Waals surface area contributed by atoms with Crippen LogP contribution >= 0.6 is 0 Å². The van der Waals surface area contributed by atoms with E-state index in [1.807, 2.05) is 0 Å². The topological polar surface area (TPSA) is 66.9 Å². The lowest BCUT2D eigenvalue weighted by atomic mass is 10.1. The van der Waals surface area contributed by atoms with Gasteiger partial charge in [-0.25, -0.2) is 13.2 Å². The number of nitrogens with zero attached hydrogens (tertiary/aromatic N) is 2. The Morgan fingerprint density at radius 3 is 2.36 bits per heavy atom. The fraction of sp³-hybridized carbons (Fsp3) is 0.611. The Kier molecular flexibility index (Phi) is 5.46. The summed E-state index contributed by atoms with van der Waals surface area (Å²) in [5.41, 5.74) is 0.910. The van der Waals surface area contributed by atoms with E-state index >= 15 is 0 Å². The van der Waals surface area contributed by atoms with Gasteiger partial charge in [-0.2, -0.15) is 4.31 Å². The molecule has 0 amide bonds. The van der Waals surface area contributed by atoms with Crippen molar-refractivity contribution in [2.75, 3.05) is 33.3 Å². The van der Waals surface area contributed by atoms with E-state index in [0.29, 0.717) is 24.7 Å². The molecule has 0 saturated carbocycles. The normalized spacial score (nSPS) is 20.7. The van der Waals surface area contributed by atoms with E-state index in [9.17, 15) is 13.2 Å². The second kappa shape index (κ2) is 7.43. The molecular formula is C18H26N2O4S. The first-order valence-electron chi connectivity index (χ1n) is 8.86. The van der Waals surface area contributed by atoms with Crippen LogP contribution in [0.1, 0.15) is 41.6 Å². The van der Waals surface area contributed by atoms with Gasteiger partial charge in [0.15, 0.2) is 0 Å². The Bertz CT molecular complexity index is 733. The summed E-state index contributed by atoms with van der Waals surface area (Å²) in [4.78, 5) is 14.4. The summed E-state index contributed by atoms with van der Waals surface area (Å²) in [7, 11) is -2.31. The number of piperidine rings is 1. The summed E-state index contributed by atoms with van der Waals surface area (Å²) in [5.74, 6) is -0.524. The summed E-state index contributed by atoms with van der Waals surface area (Å²) in [6.45, 7) is 5.09. The summed E-state index contributed by atoms with van der Waals surface area (Å²) >= 11 is 0. The standard InChI is InChI=1S/C18H26N2O4S/c1-14-5-6-15(18(21)24-2)13-17(14)25(22,23)20-11-7-16(8-12-20)19-9-3-4-10-19/h5-6,13,16H,3-4,7-12H2,1-2H3. The SMILES string of the molecule is COC(=O)c1ccc(C)c(S(=O)(=O)N2CCC(N3CCCC3)CC2)c1. The van der Waals surface area contributed by atoms with Gasteiger partial charge in [0.05, 0.1) is 17.6 Å². The molecular weight excluding hydrogens is 340 g/mol. The smallest absolute Gasteiger partial charge is 0.337 e. The van der Waals surface area contributed by atoms with Gasteiger partial charge in [-0.15, -0.1) is 0 Å². The third-order valence-electron chi connectivity index (χ3n) is 5.31. The molecule has 6 nitrogen and oxygen atoms in total. The van der Waals surface area contributed by atoms with E-state index in [0.717, 1.165) is 25.9 Å². The molecule has 2 fully saturated rings. The van der Waals surface area contributed by atoms with Gasteiger partial charge < -0.3 is 9.64 Å². The zero-order valence-electron chi connectivity index (χ0n) is 14.9. The molecule has 2 aliphatic heterocycles. The van der Waals surface area contributed by atoms with Crippen molar-refractivity contribution in [1.82, 2.24) is 9.21 Å². The predicted octanol–water partition coefficient (Wildman–Crippen LogP) is 2.03. The summed E-state index contributed by atoms with van der Waals surface area (Å²) in [5, 5.41) is 0. The van der Waals surface area contributed by atoms with E-state index < -0.39 is 16.0 Å². The maximum atomic E-state index is 13.1. The van der Waals surface area contributed by atoms with Crippen molar-refractivity contribution in [3.8, 4) is 0 Å². The van der Waals surface area contributed by atoms with Gasteiger partial charge in [0.1, 0.15) is 0 Å². The molecule has 138 valence electrons. The molecule has 2 saturated heterocycles. The molecule has 0 bridgehead atoms. The minimum atomic E-state index is -3.60. The Labute approximate surface area is 149 Å². The van der Waals surface area contributed by atoms with Gasteiger partial charge in [-0.1, -0.05) is 6.07 Å². The first-order chi connectivity index (χ1) is 11.9. The molecule has 0 N–H and O–H groups in total. The van der Waals surface area contributed by atoms with Crippen LogP contribution in [0.2, 0.25) is 0 Å². The molecule has 0 radical (unpaired) electrons. The molecule has 25 heavy (non-hydrogen) atoms. The molecule has 0 aliphatic carbocycles. The van der Waals surface area contributed by atoms with E-state index in [1.165, 1.54) is 26.0 Å². The predicted molar refractivity (Wildman–Crippen MR) is 95.1 cm³/mol. The lowest BCUT2D eigenvalue weighted by Crippen LogP contribution is -2.45. The lowest BCUT2D eigenvalue weighted by Gasteiger charge is -2.36. The molecule has 3 rings (SSSR count). The maximum absolute atomic E-state index is 13.1. The average molecular weight is 366 g/mol. The minimum absolute atomic E-state index is 0.204. The Morgan fingerprint density at radius 1 is 1.12 bits per heavy atom. The number of carbonyl (C=O) groups excluding carboxylic acids is 1. The average Bonchev–Trinajstić information content (AvgIpc) is 3.16. The van der Waals surface area contributed by atoms with Crippen molar-refractivity contribution in [1.29, 1.82) is 0 Å². The number of esters is 1. The molecule has 1 aromatic rings. The van der Waals surface area contributed by atoms with Crippen LogP contribution in [0.4, 0.5) is 0 Å². The molecule has 0 unspecified atom stereocenters. The van der Waals surface area contributed by atoms with Gasteiger partial charge in [0.25, 0.3) is 0 Å². The maximum Gasteiger partial charge on any atom is 0.337 e. The van der Waals surface area contributed by atoms with Gasteiger partial charge in [0, 0.05) is 19.1 Å². The minimum Gasteiger partial charge on any atom is -0.465 e. The number of methoxy groups -OCH3 is 1. The van der Waals surface area contributed by atoms with Crippen LogP contribution < -0.4 is 0 Å². The summed E-state index contributed by atoms with van der Waals surface area (Å²) in [6.07, 6.45) is 4.24. The van der Waals surface area contributed by atoms with Crippen LogP contribution in [0.5, 0.6) is 0 Å². The zero-order valence-corrected chi connectivity index (χ0v) is 15.7. The monoisotopic (exact) mass is 366 g/mol. The van der Waals surface area contributed by atoms with E-state index in [1.54, 1.807) is 23.4 Å². The van der Waals surface area contributed by atoms with Crippen molar-refractivity contribution in [3.63, 3.8) is 0 Å². The van der Waals surface area contributed by atoms with Crippen LogP contribution in [0.15, 0.2) is 23.1 Å². The third-order valence-corrected chi connectivity index (χ3v) is 7.35. The first-order valence-corrected chi connectivity index (χ1v) is 10.3. The Morgan fingerprint density at radius 2 is 1.76 bits per heavy atom. The number of rotatable bonds is 4. The molecule has 7 heteroatoms. The van der Waals surface area contributed by atoms with Crippen molar-refractivity contribution in [2.45, 2.75) is 43.5 Å². The first kappa shape index (κ1) is 18.4. The highest BCUT2D eigenvalue weighted by molar-refractivity contribution is 7.89. The number of ether oxygens (including phenoxy) is 1. The van der Waals surface area contributed by atoms with Crippen molar-refractivity contribution in [3.05, 3.63) is 29.3 Å². The number of hydrogen-bond acceptors (Lipinski definition) is 5. The van der Waals surface area contributed by atoms with Crippen LogP contribution in [-0.2, 0) is 14.8 Å². The second-order valence-corrected chi connectivity index (χ2v) is 8.76. The molecule has 0 atom stereocenters. The number of aryl methyl sites for hydroxylation is 1. The van der Waals surface area contributed by atoms with E-state index in [-0.39, 0.29) is 10.5 Å². The Hall–Kier alpha value is -1.44. The fourth-order valence-corrected chi connectivity index (χ4v) is 5.54. The zero-order chi connectivity index (χ0) is 18.0. The molecule has 1 aromatic carbocycles. The highest BCUT2D eigenvalue weighted by Gasteiger charge is 2.33. The van der Waals surface area contributed by atoms with Gasteiger partial charge >= 0.3 is 5.97 Å². The number of carbonyl (C=O) groups is 1. The largest absolute Gasteiger partial charge is 0.465 e. The van der Waals surface area contributed by atoms with E-state index in [2.05, 4.69) is 4.90 Å². The van der Waals surface area contributed by atoms with Crippen molar-refractivity contribution >= 4 is 16.0 Å². The van der Waals surface area contributed by atoms with Crippen molar-refractivity contribution < 1.29 is 17.9 Å². The van der Waals surface area contributed by atoms with Gasteiger partial charge in [-0.3, -0.25) is 0 Å². The van der Waals surface area contributed by atoms with Gasteiger partial charge in [-0.05, 0) is 63.4 Å². The van der Waals surface area contributed by atoms with Crippen molar-refractivity contribution in [2.24, 2.45) is 0 Å².